The van der Waals surface area contributed by atoms with E-state index in [0.717, 1.165) is 16.9 Å². The minimum Gasteiger partial charge on any atom is -0.384 e. The number of allylic oxidation sites excluding steroid dienone is 3. The lowest BCUT2D eigenvalue weighted by molar-refractivity contribution is -0.384. The minimum atomic E-state index is -0.534. The molecular weight excluding hydrogens is 406 g/mol. The molecule has 0 fully saturated rings. The zero-order valence-corrected chi connectivity index (χ0v) is 17.9. The molecule has 2 N–H and O–H groups in total. The van der Waals surface area contributed by atoms with Crippen molar-refractivity contribution in [2.24, 2.45) is 5.73 Å². The first-order chi connectivity index (χ1) is 15.3. The standard InChI is InChI=1S/C24H23N5O3/c1-27(2)16-8-6-15(7-9-16)22-19(14-25)24(26)28(20-4-3-5-21(30)23(20)22)17-10-12-18(13-11-17)29(31)32/h6-13,22H,3-5,26H2,1-2H3/t22-/m0/s1. The number of carbonyl (C=O) groups is 1. The van der Waals surface area contributed by atoms with Crippen LogP contribution in [0.5, 0.6) is 0 Å². The van der Waals surface area contributed by atoms with E-state index in [9.17, 15) is 20.2 Å². The van der Waals surface area contributed by atoms with E-state index in [-0.39, 0.29) is 17.3 Å². The number of hydrogen-bond donors (Lipinski definition) is 1. The number of nitro benzene ring substituents is 1. The first-order valence-electron chi connectivity index (χ1n) is 10.3. The van der Waals surface area contributed by atoms with Gasteiger partial charge in [0.1, 0.15) is 5.82 Å². The third-order valence-electron chi connectivity index (χ3n) is 5.97. The molecule has 2 aromatic carbocycles. The van der Waals surface area contributed by atoms with Crippen molar-refractivity contribution in [2.45, 2.75) is 25.2 Å². The second kappa shape index (κ2) is 8.19. The summed E-state index contributed by atoms with van der Waals surface area (Å²) in [6.07, 6.45) is 1.73. The van der Waals surface area contributed by atoms with Crippen molar-refractivity contribution in [2.75, 3.05) is 23.9 Å². The van der Waals surface area contributed by atoms with Crippen molar-refractivity contribution >= 4 is 22.8 Å². The van der Waals surface area contributed by atoms with Gasteiger partial charge in [-0.05, 0) is 42.7 Å². The number of nitrogens with two attached hydrogens (primary N) is 1. The van der Waals surface area contributed by atoms with Gasteiger partial charge < -0.3 is 10.6 Å². The molecule has 1 atom stereocenters. The second-order valence-corrected chi connectivity index (χ2v) is 8.08. The van der Waals surface area contributed by atoms with Gasteiger partial charge in [0.15, 0.2) is 5.78 Å². The maximum Gasteiger partial charge on any atom is 0.269 e. The molecule has 8 heteroatoms. The zero-order chi connectivity index (χ0) is 23.0. The van der Waals surface area contributed by atoms with Crippen molar-refractivity contribution in [3.8, 4) is 6.07 Å². The Balaban J connectivity index is 1.88. The van der Waals surface area contributed by atoms with Crippen LogP contribution in [0.3, 0.4) is 0 Å². The average molecular weight is 429 g/mol. The van der Waals surface area contributed by atoms with Crippen LogP contribution in [-0.4, -0.2) is 24.8 Å². The fraction of sp³-hybridized carbons (Fsp3) is 0.250. The number of nitro groups is 1. The van der Waals surface area contributed by atoms with Crippen molar-refractivity contribution in [1.29, 1.82) is 5.26 Å². The van der Waals surface area contributed by atoms with E-state index in [1.165, 1.54) is 12.1 Å². The van der Waals surface area contributed by atoms with Crippen molar-refractivity contribution in [3.63, 3.8) is 0 Å². The highest BCUT2D eigenvalue weighted by atomic mass is 16.6. The average Bonchev–Trinajstić information content (AvgIpc) is 2.78. The number of benzene rings is 2. The summed E-state index contributed by atoms with van der Waals surface area (Å²) in [6.45, 7) is 0. The van der Waals surface area contributed by atoms with E-state index in [4.69, 9.17) is 5.73 Å². The number of rotatable bonds is 4. The maximum absolute atomic E-state index is 13.1. The molecular formula is C24H23N5O3. The van der Waals surface area contributed by atoms with Crippen LogP contribution in [0.25, 0.3) is 0 Å². The third kappa shape index (κ3) is 3.48. The molecule has 0 saturated heterocycles. The number of non-ortho nitro benzene ring substituents is 1. The first kappa shape index (κ1) is 21.1. The molecule has 1 aliphatic carbocycles. The van der Waals surface area contributed by atoms with Gasteiger partial charge in [-0.15, -0.1) is 0 Å². The topological polar surface area (TPSA) is 116 Å². The number of carbonyl (C=O) groups excluding carboxylic acids is 1. The Morgan fingerprint density at radius 3 is 2.34 bits per heavy atom. The number of nitriles is 1. The summed E-state index contributed by atoms with van der Waals surface area (Å²) in [7, 11) is 3.89. The lowest BCUT2D eigenvalue weighted by Gasteiger charge is -2.39. The van der Waals surface area contributed by atoms with Crippen LogP contribution in [0.1, 0.15) is 30.7 Å². The van der Waals surface area contributed by atoms with Crippen molar-refractivity contribution < 1.29 is 9.72 Å². The van der Waals surface area contributed by atoms with Crippen molar-refractivity contribution in [3.05, 3.63) is 86.9 Å². The van der Waals surface area contributed by atoms with E-state index in [0.29, 0.717) is 36.1 Å². The molecule has 0 radical (unpaired) electrons. The van der Waals surface area contributed by atoms with Gasteiger partial charge >= 0.3 is 0 Å². The molecule has 8 nitrogen and oxygen atoms in total. The summed E-state index contributed by atoms with van der Waals surface area (Å²) in [5, 5.41) is 21.1. The Hall–Kier alpha value is -4.12. The first-order valence-corrected chi connectivity index (χ1v) is 10.3. The highest BCUT2D eigenvalue weighted by Gasteiger charge is 2.40. The molecule has 0 spiro atoms. The van der Waals surface area contributed by atoms with Crippen molar-refractivity contribution in [1.82, 2.24) is 0 Å². The largest absolute Gasteiger partial charge is 0.384 e. The predicted molar refractivity (Wildman–Crippen MR) is 122 cm³/mol. The van der Waals surface area contributed by atoms with E-state index in [1.807, 2.05) is 43.3 Å². The molecule has 2 aliphatic rings. The van der Waals surface area contributed by atoms with E-state index in [2.05, 4.69) is 6.07 Å². The highest BCUT2D eigenvalue weighted by molar-refractivity contribution is 6.01. The van der Waals surface area contributed by atoms with Crippen LogP contribution in [0, 0.1) is 21.4 Å². The minimum absolute atomic E-state index is 0.0000905. The van der Waals surface area contributed by atoms with Gasteiger partial charge in [0.2, 0.25) is 0 Å². The summed E-state index contributed by atoms with van der Waals surface area (Å²) < 4.78 is 0. The highest BCUT2D eigenvalue weighted by Crippen LogP contribution is 2.46. The number of nitrogens with zero attached hydrogens (tertiary/aromatic N) is 4. The Morgan fingerprint density at radius 1 is 1.12 bits per heavy atom. The smallest absolute Gasteiger partial charge is 0.269 e. The Labute approximate surface area is 186 Å². The van der Waals surface area contributed by atoms with Crippen LogP contribution < -0.4 is 15.5 Å². The molecule has 32 heavy (non-hydrogen) atoms. The molecule has 0 saturated carbocycles. The Morgan fingerprint density at radius 2 is 1.78 bits per heavy atom. The Kier molecular flexibility index (Phi) is 5.41. The van der Waals surface area contributed by atoms with Crippen LogP contribution in [0.15, 0.2) is 71.2 Å². The fourth-order valence-corrected chi connectivity index (χ4v) is 4.40. The number of hydrogen-bond acceptors (Lipinski definition) is 7. The van der Waals surface area contributed by atoms with E-state index in [1.54, 1.807) is 17.0 Å². The van der Waals surface area contributed by atoms with E-state index >= 15 is 0 Å². The molecule has 0 bridgehead atoms. The third-order valence-corrected chi connectivity index (χ3v) is 5.97. The molecule has 1 aliphatic heterocycles. The normalized spacial score (nSPS) is 18.3. The monoisotopic (exact) mass is 429 g/mol. The fourth-order valence-electron chi connectivity index (χ4n) is 4.40. The summed E-state index contributed by atoms with van der Waals surface area (Å²) in [5.74, 6) is -0.287. The molecule has 0 aromatic heterocycles. The van der Waals surface area contributed by atoms with Gasteiger partial charge in [0, 0.05) is 55.3 Å². The van der Waals surface area contributed by atoms with Crippen LogP contribution in [-0.2, 0) is 4.79 Å². The number of ketones is 1. The Bertz CT molecular complexity index is 1190. The summed E-state index contributed by atoms with van der Waals surface area (Å²) in [5.41, 5.74) is 10.5. The maximum atomic E-state index is 13.1. The lowest BCUT2D eigenvalue weighted by atomic mass is 9.75. The second-order valence-electron chi connectivity index (χ2n) is 8.08. The lowest BCUT2D eigenvalue weighted by Crippen LogP contribution is -2.38. The quantitative estimate of drug-likeness (QED) is 0.577. The SMILES string of the molecule is CN(C)c1ccc([C@H]2C(C#N)=C(N)N(c3ccc([N+](=O)[O-])cc3)C3=C2C(=O)CCC3)cc1. The van der Waals surface area contributed by atoms with E-state index < -0.39 is 10.8 Å². The van der Waals surface area contributed by atoms with Gasteiger partial charge in [-0.2, -0.15) is 5.26 Å². The molecule has 162 valence electrons. The van der Waals surface area contributed by atoms with Crippen LogP contribution >= 0.6 is 0 Å². The molecule has 4 rings (SSSR count). The summed E-state index contributed by atoms with van der Waals surface area (Å²) >= 11 is 0. The molecule has 0 unspecified atom stereocenters. The van der Waals surface area contributed by atoms with Crippen LogP contribution in [0.2, 0.25) is 0 Å². The van der Waals surface area contributed by atoms with Crippen LogP contribution in [0.4, 0.5) is 17.1 Å². The van der Waals surface area contributed by atoms with Gasteiger partial charge in [-0.25, -0.2) is 0 Å². The molecule has 0 amide bonds. The summed E-state index contributed by atoms with van der Waals surface area (Å²) in [4.78, 5) is 27.4. The number of Topliss-reactive ketones (excluding diaryl/α,β-unsaturated/α-hetero) is 1. The molecule has 1 heterocycles. The summed E-state index contributed by atoms with van der Waals surface area (Å²) in [6, 6.07) is 16.0. The van der Waals surface area contributed by atoms with Gasteiger partial charge in [-0.3, -0.25) is 19.8 Å². The van der Waals surface area contributed by atoms with Gasteiger partial charge in [0.25, 0.3) is 5.69 Å². The molecule has 2 aromatic rings. The zero-order valence-electron chi connectivity index (χ0n) is 17.9. The predicted octanol–water partition coefficient (Wildman–Crippen LogP) is 3.97. The van der Waals surface area contributed by atoms with Gasteiger partial charge in [-0.1, -0.05) is 12.1 Å². The van der Waals surface area contributed by atoms with Gasteiger partial charge in [0.05, 0.1) is 22.5 Å². The number of anilines is 2.